The number of alkyl halides is 3. The Morgan fingerprint density at radius 3 is 2.14 bits per heavy atom. The van der Waals surface area contributed by atoms with E-state index in [9.17, 15) is 22.8 Å². The van der Waals surface area contributed by atoms with E-state index >= 15 is 0 Å². The van der Waals surface area contributed by atoms with E-state index in [-0.39, 0.29) is 23.8 Å². The zero-order valence-electron chi connectivity index (χ0n) is 20.1. The first-order chi connectivity index (χ1) is 17.4. The summed E-state index contributed by atoms with van der Waals surface area (Å²) in [4.78, 5) is 25.7. The highest BCUT2D eigenvalue weighted by atomic mass is 19.4. The van der Waals surface area contributed by atoms with E-state index in [2.05, 4.69) is 15.4 Å². The van der Waals surface area contributed by atoms with Gasteiger partial charge in [0.15, 0.2) is 12.0 Å². The number of anilines is 2. The van der Waals surface area contributed by atoms with Crippen molar-refractivity contribution in [1.82, 2.24) is 10.0 Å². The molecule has 4 atom stereocenters. The van der Waals surface area contributed by atoms with E-state index in [1.165, 1.54) is 17.1 Å². The van der Waals surface area contributed by atoms with E-state index in [1.807, 2.05) is 13.8 Å². The first-order valence-electron chi connectivity index (χ1n) is 11.5. The third kappa shape index (κ3) is 5.34. The van der Waals surface area contributed by atoms with Gasteiger partial charge in [0.25, 0.3) is 5.91 Å². The van der Waals surface area contributed by atoms with Crippen molar-refractivity contribution in [1.29, 1.82) is 0 Å². The number of ether oxygens (including phenoxy) is 4. The van der Waals surface area contributed by atoms with Crippen molar-refractivity contribution in [3.05, 3.63) is 54.1 Å². The van der Waals surface area contributed by atoms with Crippen LogP contribution in [0.5, 0.6) is 5.75 Å². The minimum absolute atomic E-state index is 0.204. The summed E-state index contributed by atoms with van der Waals surface area (Å²) in [5.74, 6) is -1.45. The number of nitrogens with one attached hydrogen (secondary N) is 2. The van der Waals surface area contributed by atoms with Gasteiger partial charge in [0.05, 0.1) is 0 Å². The number of amides is 3. The molecule has 3 aliphatic rings. The predicted molar refractivity (Wildman–Crippen MR) is 123 cm³/mol. The van der Waals surface area contributed by atoms with Crippen molar-refractivity contribution in [3.63, 3.8) is 0 Å². The Bertz CT molecular complexity index is 1170. The van der Waals surface area contributed by atoms with Gasteiger partial charge >= 0.3 is 12.4 Å². The number of carbonyl (C=O) groups is 2. The molecule has 3 aliphatic heterocycles. The number of rotatable bonds is 4. The fourth-order valence-corrected chi connectivity index (χ4v) is 4.68. The summed E-state index contributed by atoms with van der Waals surface area (Å²) < 4.78 is 58.6. The highest BCUT2D eigenvalue weighted by Crippen LogP contribution is 2.43. The van der Waals surface area contributed by atoms with E-state index in [4.69, 9.17) is 14.2 Å². The van der Waals surface area contributed by atoms with Gasteiger partial charge in [-0.25, -0.2) is 14.8 Å². The number of nitrogens with zero attached hydrogens (tertiary/aromatic N) is 2. The summed E-state index contributed by atoms with van der Waals surface area (Å²) in [6.07, 6.45) is -6.30. The van der Waals surface area contributed by atoms with Crippen LogP contribution in [0, 0.1) is 0 Å². The highest BCUT2D eigenvalue weighted by Gasteiger charge is 2.61. The minimum Gasteiger partial charge on any atom is -0.406 e. The average Bonchev–Trinajstić information content (AvgIpc) is 3.26. The van der Waals surface area contributed by atoms with Crippen LogP contribution < -0.4 is 15.4 Å². The average molecular weight is 522 g/mol. The highest BCUT2D eigenvalue weighted by molar-refractivity contribution is 6.00. The summed E-state index contributed by atoms with van der Waals surface area (Å²) in [7, 11) is 1.80. The molecule has 2 bridgehead atoms. The Labute approximate surface area is 210 Å². The van der Waals surface area contributed by atoms with Crippen LogP contribution in [0.2, 0.25) is 0 Å². The molecule has 0 aliphatic carbocycles. The van der Waals surface area contributed by atoms with Crippen LogP contribution in [0.25, 0.3) is 0 Å². The lowest BCUT2D eigenvalue weighted by molar-refractivity contribution is -0.274. The number of carbonyl (C=O) groups excluding carboxylic acids is 2. The molecule has 10 nitrogen and oxygen atoms in total. The van der Waals surface area contributed by atoms with Crippen molar-refractivity contribution in [2.24, 2.45) is 0 Å². The quantitative estimate of drug-likeness (QED) is 0.630. The van der Waals surface area contributed by atoms with Crippen molar-refractivity contribution in [2.75, 3.05) is 24.2 Å². The molecule has 3 heterocycles. The fourth-order valence-electron chi connectivity index (χ4n) is 4.68. The maximum absolute atomic E-state index is 13.4. The molecule has 3 amide bonds. The van der Waals surface area contributed by atoms with Gasteiger partial charge in [0, 0.05) is 30.5 Å². The van der Waals surface area contributed by atoms with E-state index in [1.54, 1.807) is 36.3 Å². The second-order valence-electron chi connectivity index (χ2n) is 9.35. The Morgan fingerprint density at radius 1 is 0.973 bits per heavy atom. The van der Waals surface area contributed by atoms with Crippen LogP contribution in [0.3, 0.4) is 0 Å². The van der Waals surface area contributed by atoms with E-state index in [0.717, 1.165) is 12.1 Å². The molecule has 37 heavy (non-hydrogen) atoms. The zero-order valence-corrected chi connectivity index (χ0v) is 20.1. The van der Waals surface area contributed by atoms with Crippen LogP contribution in [0.4, 0.5) is 29.3 Å². The first kappa shape index (κ1) is 25.3. The fraction of sp³-hybridized carbons (Fsp3) is 0.417. The summed E-state index contributed by atoms with van der Waals surface area (Å²) in [5.41, 5.74) is 1.05. The van der Waals surface area contributed by atoms with Gasteiger partial charge in [-0.3, -0.25) is 4.79 Å². The Hall–Kier alpha value is -3.39. The first-order valence-corrected chi connectivity index (χ1v) is 11.5. The molecule has 2 aromatic rings. The maximum atomic E-state index is 13.4. The third-order valence-corrected chi connectivity index (χ3v) is 6.12. The molecule has 0 spiro atoms. The number of benzene rings is 2. The second kappa shape index (κ2) is 9.17. The van der Waals surface area contributed by atoms with Crippen molar-refractivity contribution < 1.29 is 41.7 Å². The topological polar surface area (TPSA) is 102 Å². The molecule has 2 aromatic carbocycles. The molecular formula is C24H25F3N4O6. The standard InChI is InChI=1S/C24H25F3N4O6/c1-23(2)36-18-17-12-30(3)31(21(34-17)19(18)37-23)20(32)13-4-6-14(7-5-13)28-22(33)29-15-8-10-16(11-9-15)35-24(25,26)27/h4-11,17-19,21H,12H2,1-3H3,(H2,28,29,33)/t17-,18-,19-,21-/m1/s1. The molecule has 5 rings (SSSR count). The molecule has 13 heteroatoms. The number of fused-ring (bicyclic) bond motifs is 5. The van der Waals surface area contributed by atoms with Gasteiger partial charge < -0.3 is 29.6 Å². The molecule has 198 valence electrons. The Kier molecular flexibility index (Phi) is 6.26. The van der Waals surface area contributed by atoms with Crippen molar-refractivity contribution in [3.8, 4) is 5.75 Å². The molecule has 0 saturated carbocycles. The van der Waals surface area contributed by atoms with Crippen LogP contribution >= 0.6 is 0 Å². The number of urea groups is 1. The summed E-state index contributed by atoms with van der Waals surface area (Å²) in [6.45, 7) is 4.12. The summed E-state index contributed by atoms with van der Waals surface area (Å²) in [6, 6.07) is 10.4. The van der Waals surface area contributed by atoms with Gasteiger partial charge in [0.2, 0.25) is 0 Å². The van der Waals surface area contributed by atoms with E-state index < -0.39 is 36.3 Å². The summed E-state index contributed by atoms with van der Waals surface area (Å²) in [5, 5.41) is 8.43. The van der Waals surface area contributed by atoms with Crippen LogP contribution in [0.1, 0.15) is 24.2 Å². The number of halogens is 3. The van der Waals surface area contributed by atoms with Gasteiger partial charge in [-0.1, -0.05) is 0 Å². The molecule has 0 radical (unpaired) electrons. The molecule has 0 aromatic heterocycles. The number of hydrogen-bond donors (Lipinski definition) is 2. The monoisotopic (exact) mass is 522 g/mol. The van der Waals surface area contributed by atoms with Crippen LogP contribution in [0.15, 0.2) is 48.5 Å². The van der Waals surface area contributed by atoms with Gasteiger partial charge in [-0.15, -0.1) is 13.2 Å². The number of hydrogen-bond acceptors (Lipinski definition) is 7. The Morgan fingerprint density at radius 2 is 1.54 bits per heavy atom. The number of hydrazine groups is 1. The smallest absolute Gasteiger partial charge is 0.406 e. The number of likely N-dealkylation sites (N-methyl/N-ethyl adjacent to an activating group) is 1. The Balaban J connectivity index is 1.20. The SMILES string of the molecule is CN1C[C@H]2O[C@H]([C@@H]3OC(C)(C)O[C@@H]32)N1C(=O)c1ccc(NC(=O)Nc2ccc(OC(F)(F)F)cc2)cc1. The van der Waals surface area contributed by atoms with Gasteiger partial charge in [-0.05, 0) is 62.4 Å². The molecule has 3 fully saturated rings. The predicted octanol–water partition coefficient (Wildman–Crippen LogP) is 3.78. The molecular weight excluding hydrogens is 497 g/mol. The lowest BCUT2D eigenvalue weighted by Crippen LogP contribution is -2.58. The van der Waals surface area contributed by atoms with Gasteiger partial charge in [0.1, 0.15) is 24.1 Å². The lowest BCUT2D eigenvalue weighted by Gasteiger charge is -2.42. The normalized spacial score (nSPS) is 26.5. The van der Waals surface area contributed by atoms with Crippen LogP contribution in [-0.4, -0.2) is 72.2 Å². The summed E-state index contributed by atoms with van der Waals surface area (Å²) >= 11 is 0. The second-order valence-corrected chi connectivity index (χ2v) is 9.35. The van der Waals surface area contributed by atoms with Crippen LogP contribution in [-0.2, 0) is 14.2 Å². The minimum atomic E-state index is -4.80. The largest absolute Gasteiger partial charge is 0.573 e. The molecule has 2 N–H and O–H groups in total. The lowest BCUT2D eigenvalue weighted by atomic mass is 10.1. The van der Waals surface area contributed by atoms with E-state index in [0.29, 0.717) is 17.8 Å². The van der Waals surface area contributed by atoms with Gasteiger partial charge in [-0.2, -0.15) is 0 Å². The third-order valence-electron chi connectivity index (χ3n) is 6.12. The zero-order chi connectivity index (χ0) is 26.5. The van der Waals surface area contributed by atoms with Crippen molar-refractivity contribution in [2.45, 2.75) is 50.5 Å². The molecule has 3 saturated heterocycles. The van der Waals surface area contributed by atoms with Crippen molar-refractivity contribution >= 4 is 23.3 Å². The molecule has 0 unspecified atom stereocenters. The maximum Gasteiger partial charge on any atom is 0.573 e.